The summed E-state index contributed by atoms with van der Waals surface area (Å²) in [7, 11) is -3.65. The average Bonchev–Trinajstić information content (AvgIpc) is 2.76. The largest absolute Gasteiger partial charge is 0.480 e. The van der Waals surface area contributed by atoms with Gasteiger partial charge in [-0.15, -0.1) is 0 Å². The van der Waals surface area contributed by atoms with E-state index in [0.717, 1.165) is 9.87 Å². The van der Waals surface area contributed by atoms with Crippen molar-refractivity contribution in [3.8, 4) is 0 Å². The van der Waals surface area contributed by atoms with Crippen LogP contribution in [0.1, 0.15) is 32.8 Å². The first-order valence-electron chi connectivity index (χ1n) is 6.95. The van der Waals surface area contributed by atoms with Gasteiger partial charge in [0.15, 0.2) is 0 Å². The number of rotatable bonds is 4. The molecule has 5 nitrogen and oxygen atoms in total. The Kier molecular flexibility index (Phi) is 4.02. The number of benzene rings is 1. The van der Waals surface area contributed by atoms with E-state index in [9.17, 15) is 18.3 Å². The van der Waals surface area contributed by atoms with Crippen molar-refractivity contribution in [2.45, 2.75) is 39.7 Å². The Hall–Kier alpha value is -1.56. The van der Waals surface area contributed by atoms with Crippen molar-refractivity contribution in [1.82, 2.24) is 0 Å². The number of hydrogen-bond donors (Lipinski definition) is 1. The van der Waals surface area contributed by atoms with Crippen LogP contribution in [-0.4, -0.2) is 31.3 Å². The van der Waals surface area contributed by atoms with E-state index in [4.69, 9.17) is 0 Å². The van der Waals surface area contributed by atoms with Crippen LogP contribution >= 0.6 is 0 Å². The molecule has 1 atom stereocenters. The second-order valence-electron chi connectivity index (χ2n) is 6.61. The highest BCUT2D eigenvalue weighted by Gasteiger charge is 2.41. The smallest absolute Gasteiger partial charge is 0.327 e. The first kappa shape index (κ1) is 15.8. The van der Waals surface area contributed by atoms with Crippen molar-refractivity contribution >= 4 is 21.7 Å². The van der Waals surface area contributed by atoms with Gasteiger partial charge in [-0.2, -0.15) is 0 Å². The molecule has 116 valence electrons. The number of carbonyl (C=O) groups is 1. The van der Waals surface area contributed by atoms with E-state index >= 15 is 0 Å². The van der Waals surface area contributed by atoms with E-state index in [1.807, 2.05) is 20.8 Å². The standard InChI is InChI=1S/C15H21NO4S/c1-15(2,3)8-9-21(19,20)16-12-7-5-4-6-11(12)10-13(16)14(17)18/h4-7,13H,8-10H2,1-3H3,(H,17,18)/t13-/m0/s1. The van der Waals surface area contributed by atoms with Crippen molar-refractivity contribution in [1.29, 1.82) is 0 Å². The Bertz CT molecular complexity index is 646. The lowest BCUT2D eigenvalue weighted by molar-refractivity contribution is -0.138. The van der Waals surface area contributed by atoms with Gasteiger partial charge in [0, 0.05) is 6.42 Å². The molecular weight excluding hydrogens is 290 g/mol. The van der Waals surface area contributed by atoms with Crippen LogP contribution < -0.4 is 4.31 Å². The minimum atomic E-state index is -3.65. The highest BCUT2D eigenvalue weighted by Crippen LogP contribution is 2.35. The molecule has 0 fully saturated rings. The van der Waals surface area contributed by atoms with Gasteiger partial charge in [0.05, 0.1) is 11.4 Å². The normalized spacial score (nSPS) is 18.6. The molecule has 1 aromatic rings. The SMILES string of the molecule is CC(C)(C)CCS(=O)(=O)N1c2ccccc2C[C@H]1C(=O)O. The molecule has 0 radical (unpaired) electrons. The Labute approximate surface area is 125 Å². The van der Waals surface area contributed by atoms with E-state index in [2.05, 4.69) is 0 Å². The van der Waals surface area contributed by atoms with Crippen LogP contribution in [0.4, 0.5) is 5.69 Å². The number of sulfonamides is 1. The van der Waals surface area contributed by atoms with Gasteiger partial charge in [-0.05, 0) is 23.5 Å². The van der Waals surface area contributed by atoms with Crippen LogP contribution in [0.15, 0.2) is 24.3 Å². The zero-order valence-electron chi connectivity index (χ0n) is 12.5. The molecule has 1 aromatic carbocycles. The fraction of sp³-hybridized carbons (Fsp3) is 0.533. The van der Waals surface area contributed by atoms with Crippen molar-refractivity contribution in [3.05, 3.63) is 29.8 Å². The number of carboxylic acids is 1. The van der Waals surface area contributed by atoms with E-state index in [1.54, 1.807) is 24.3 Å². The van der Waals surface area contributed by atoms with Crippen molar-refractivity contribution in [2.24, 2.45) is 5.41 Å². The molecule has 0 saturated heterocycles. The van der Waals surface area contributed by atoms with Gasteiger partial charge in [0.1, 0.15) is 6.04 Å². The number of hydrogen-bond acceptors (Lipinski definition) is 3. The van der Waals surface area contributed by atoms with Crippen LogP contribution in [-0.2, 0) is 21.2 Å². The highest BCUT2D eigenvalue weighted by atomic mass is 32.2. The third kappa shape index (κ3) is 3.37. The number of carboxylic acid groups (broad SMARTS) is 1. The fourth-order valence-corrected chi connectivity index (χ4v) is 4.52. The van der Waals surface area contributed by atoms with E-state index in [0.29, 0.717) is 12.1 Å². The molecule has 0 unspecified atom stereocenters. The lowest BCUT2D eigenvalue weighted by Crippen LogP contribution is -2.44. The van der Waals surface area contributed by atoms with Gasteiger partial charge in [0.2, 0.25) is 10.0 Å². The van der Waals surface area contributed by atoms with Gasteiger partial charge < -0.3 is 5.11 Å². The molecule has 6 heteroatoms. The van der Waals surface area contributed by atoms with Crippen LogP contribution in [0.2, 0.25) is 0 Å². The fourth-order valence-electron chi connectivity index (χ4n) is 2.42. The molecule has 21 heavy (non-hydrogen) atoms. The van der Waals surface area contributed by atoms with Crippen LogP contribution in [0, 0.1) is 5.41 Å². The monoisotopic (exact) mass is 311 g/mol. The van der Waals surface area contributed by atoms with Crippen molar-refractivity contribution < 1.29 is 18.3 Å². The van der Waals surface area contributed by atoms with Gasteiger partial charge in [-0.1, -0.05) is 39.0 Å². The summed E-state index contributed by atoms with van der Waals surface area (Å²) < 4.78 is 26.3. The van der Waals surface area contributed by atoms with Gasteiger partial charge in [0.25, 0.3) is 0 Å². The molecule has 0 spiro atoms. The lowest BCUT2D eigenvalue weighted by atomic mass is 9.94. The number of nitrogens with zero attached hydrogens (tertiary/aromatic N) is 1. The van der Waals surface area contributed by atoms with E-state index in [-0.39, 0.29) is 17.6 Å². The topological polar surface area (TPSA) is 74.7 Å². The summed E-state index contributed by atoms with van der Waals surface area (Å²) in [6.07, 6.45) is 0.709. The lowest BCUT2D eigenvalue weighted by Gasteiger charge is -2.26. The number of para-hydroxylation sites is 1. The summed E-state index contributed by atoms with van der Waals surface area (Å²) in [6, 6.07) is 5.95. The van der Waals surface area contributed by atoms with Gasteiger partial charge >= 0.3 is 5.97 Å². The average molecular weight is 311 g/mol. The molecule has 2 rings (SSSR count). The molecular formula is C15H21NO4S. The maximum atomic E-state index is 12.6. The quantitative estimate of drug-likeness (QED) is 0.925. The number of anilines is 1. The van der Waals surface area contributed by atoms with Crippen LogP contribution in [0.25, 0.3) is 0 Å². The van der Waals surface area contributed by atoms with Crippen LogP contribution in [0.3, 0.4) is 0 Å². The van der Waals surface area contributed by atoms with E-state index < -0.39 is 22.0 Å². The second-order valence-corrected chi connectivity index (χ2v) is 8.57. The third-order valence-corrected chi connectivity index (χ3v) is 5.39. The predicted molar refractivity (Wildman–Crippen MR) is 81.9 cm³/mol. The van der Waals surface area contributed by atoms with Crippen molar-refractivity contribution in [2.75, 3.05) is 10.1 Å². The Morgan fingerprint density at radius 1 is 1.33 bits per heavy atom. The van der Waals surface area contributed by atoms with Crippen LogP contribution in [0.5, 0.6) is 0 Å². The molecule has 0 saturated carbocycles. The van der Waals surface area contributed by atoms with Gasteiger partial charge in [-0.25, -0.2) is 13.2 Å². The summed E-state index contributed by atoms with van der Waals surface area (Å²) >= 11 is 0. The maximum Gasteiger partial charge on any atom is 0.327 e. The summed E-state index contributed by atoms with van der Waals surface area (Å²) in [5.41, 5.74) is 1.15. The molecule has 1 N–H and O–H groups in total. The first-order chi connectivity index (χ1) is 9.62. The molecule has 1 aliphatic heterocycles. The van der Waals surface area contributed by atoms with Gasteiger partial charge in [-0.3, -0.25) is 4.31 Å². The maximum absolute atomic E-state index is 12.6. The summed E-state index contributed by atoms with van der Waals surface area (Å²) in [5.74, 6) is -1.15. The summed E-state index contributed by atoms with van der Waals surface area (Å²) in [4.78, 5) is 11.4. The summed E-state index contributed by atoms with van der Waals surface area (Å²) in [6.45, 7) is 5.90. The third-order valence-electron chi connectivity index (χ3n) is 3.62. The summed E-state index contributed by atoms with van der Waals surface area (Å²) in [5, 5.41) is 9.34. The minimum absolute atomic E-state index is 0.0470. The van der Waals surface area contributed by atoms with Crippen molar-refractivity contribution in [3.63, 3.8) is 0 Å². The zero-order valence-corrected chi connectivity index (χ0v) is 13.4. The molecule has 0 bridgehead atoms. The molecule has 1 aliphatic rings. The predicted octanol–water partition coefficient (Wildman–Crippen LogP) is 2.27. The molecule has 0 aliphatic carbocycles. The first-order valence-corrected chi connectivity index (χ1v) is 8.55. The number of aliphatic carboxylic acids is 1. The Balaban J connectivity index is 2.36. The molecule has 1 heterocycles. The zero-order chi connectivity index (χ0) is 15.8. The molecule has 0 aromatic heterocycles. The minimum Gasteiger partial charge on any atom is -0.480 e. The Morgan fingerprint density at radius 3 is 2.52 bits per heavy atom. The highest BCUT2D eigenvalue weighted by molar-refractivity contribution is 7.92. The van der Waals surface area contributed by atoms with E-state index in [1.165, 1.54) is 0 Å². The second kappa shape index (κ2) is 5.33. The molecule has 0 amide bonds. The number of fused-ring (bicyclic) bond motifs is 1. The Morgan fingerprint density at radius 2 is 1.95 bits per heavy atom.